The highest BCUT2D eigenvalue weighted by molar-refractivity contribution is 7.88. The highest BCUT2D eigenvalue weighted by Gasteiger charge is 2.26. The molecule has 2 aliphatic heterocycles. The van der Waals surface area contributed by atoms with E-state index in [0.717, 1.165) is 38.3 Å². The Labute approximate surface area is 197 Å². The van der Waals surface area contributed by atoms with E-state index in [1.165, 1.54) is 18.4 Å². The van der Waals surface area contributed by atoms with Crippen molar-refractivity contribution in [2.24, 2.45) is 0 Å². The molecule has 0 aromatic heterocycles. The van der Waals surface area contributed by atoms with E-state index >= 15 is 0 Å². The standard InChI is InChI=1S/C25H34N4O3S/c1-27-14-16-29(17-15-27)33(31,32)20-21-8-10-22(11-9-21)25(30)26-18-23-6-2-3-7-24(23)19-28-12-4-5-13-28/h2-3,6-11H,4-5,12-20H2,1H3,(H,26,30). The Morgan fingerprint density at radius 1 is 0.879 bits per heavy atom. The summed E-state index contributed by atoms with van der Waals surface area (Å²) in [6, 6.07) is 15.2. The van der Waals surface area contributed by atoms with Gasteiger partial charge in [0.1, 0.15) is 0 Å². The maximum absolute atomic E-state index is 12.7. The van der Waals surface area contributed by atoms with Crippen LogP contribution in [0, 0.1) is 0 Å². The SMILES string of the molecule is CN1CCN(S(=O)(=O)Cc2ccc(C(=O)NCc3ccccc3CN3CCCC3)cc2)CC1. The Hall–Kier alpha value is -2.26. The summed E-state index contributed by atoms with van der Waals surface area (Å²) in [7, 11) is -1.35. The zero-order chi connectivity index (χ0) is 23.3. The average molecular weight is 471 g/mol. The van der Waals surface area contributed by atoms with E-state index in [1.807, 2.05) is 19.2 Å². The van der Waals surface area contributed by atoms with Gasteiger partial charge < -0.3 is 10.2 Å². The summed E-state index contributed by atoms with van der Waals surface area (Å²) >= 11 is 0. The van der Waals surface area contributed by atoms with Gasteiger partial charge in [-0.3, -0.25) is 9.69 Å². The third-order valence-corrected chi connectivity index (χ3v) is 8.42. The van der Waals surface area contributed by atoms with Crippen LogP contribution in [-0.2, 0) is 28.9 Å². The van der Waals surface area contributed by atoms with Gasteiger partial charge in [0.25, 0.3) is 5.91 Å². The maximum Gasteiger partial charge on any atom is 0.251 e. The molecular weight excluding hydrogens is 436 g/mol. The van der Waals surface area contributed by atoms with Gasteiger partial charge in [0, 0.05) is 44.8 Å². The molecule has 8 heteroatoms. The number of nitrogens with zero attached hydrogens (tertiary/aromatic N) is 3. The van der Waals surface area contributed by atoms with Crippen LogP contribution >= 0.6 is 0 Å². The number of carbonyl (C=O) groups is 1. The molecule has 0 radical (unpaired) electrons. The predicted octanol–water partition coefficient (Wildman–Crippen LogP) is 2.29. The molecule has 7 nitrogen and oxygen atoms in total. The lowest BCUT2D eigenvalue weighted by Gasteiger charge is -2.31. The third-order valence-electron chi connectivity index (χ3n) is 6.57. The number of hydrogen-bond donors (Lipinski definition) is 1. The molecule has 0 spiro atoms. The first-order valence-electron chi connectivity index (χ1n) is 11.7. The van der Waals surface area contributed by atoms with Gasteiger partial charge in [0.2, 0.25) is 10.0 Å². The molecule has 2 aromatic carbocycles. The minimum absolute atomic E-state index is 0.0392. The molecule has 2 aromatic rings. The lowest BCUT2D eigenvalue weighted by atomic mass is 10.1. The number of hydrogen-bond acceptors (Lipinski definition) is 5. The number of carbonyl (C=O) groups excluding carboxylic acids is 1. The fraction of sp³-hybridized carbons (Fsp3) is 0.480. The first-order chi connectivity index (χ1) is 15.9. The molecule has 2 aliphatic rings. The molecule has 33 heavy (non-hydrogen) atoms. The zero-order valence-electron chi connectivity index (χ0n) is 19.4. The van der Waals surface area contributed by atoms with Crippen LogP contribution in [0.1, 0.15) is 39.9 Å². The highest BCUT2D eigenvalue weighted by atomic mass is 32.2. The van der Waals surface area contributed by atoms with Crippen LogP contribution in [0.25, 0.3) is 0 Å². The summed E-state index contributed by atoms with van der Waals surface area (Å²) < 4.78 is 27.0. The fourth-order valence-electron chi connectivity index (χ4n) is 4.46. The largest absolute Gasteiger partial charge is 0.348 e. The summed E-state index contributed by atoms with van der Waals surface area (Å²) in [5.41, 5.74) is 3.62. The van der Waals surface area contributed by atoms with Crippen molar-refractivity contribution in [2.75, 3.05) is 46.3 Å². The van der Waals surface area contributed by atoms with E-state index in [2.05, 4.69) is 27.2 Å². The van der Waals surface area contributed by atoms with E-state index in [4.69, 9.17) is 0 Å². The number of likely N-dealkylation sites (tertiary alicyclic amines) is 1. The first-order valence-corrected chi connectivity index (χ1v) is 13.3. The van der Waals surface area contributed by atoms with E-state index in [1.54, 1.807) is 28.6 Å². The molecule has 1 N–H and O–H groups in total. The number of sulfonamides is 1. The van der Waals surface area contributed by atoms with Crippen molar-refractivity contribution in [1.29, 1.82) is 0 Å². The molecule has 2 saturated heterocycles. The topological polar surface area (TPSA) is 73.0 Å². The van der Waals surface area contributed by atoms with Crippen LogP contribution in [0.15, 0.2) is 48.5 Å². The van der Waals surface area contributed by atoms with Crippen molar-refractivity contribution >= 4 is 15.9 Å². The number of piperazine rings is 1. The van der Waals surface area contributed by atoms with Gasteiger partial charge in [0.05, 0.1) is 5.75 Å². The highest BCUT2D eigenvalue weighted by Crippen LogP contribution is 2.17. The molecule has 0 bridgehead atoms. The minimum atomic E-state index is -3.35. The lowest BCUT2D eigenvalue weighted by molar-refractivity contribution is 0.0950. The predicted molar refractivity (Wildman–Crippen MR) is 130 cm³/mol. The summed E-state index contributed by atoms with van der Waals surface area (Å²) in [5.74, 6) is -0.192. The van der Waals surface area contributed by atoms with Crippen molar-refractivity contribution in [3.63, 3.8) is 0 Å². The van der Waals surface area contributed by atoms with Gasteiger partial charge in [-0.2, -0.15) is 4.31 Å². The van der Waals surface area contributed by atoms with Gasteiger partial charge in [-0.1, -0.05) is 36.4 Å². The Kier molecular flexibility index (Phi) is 7.80. The second-order valence-corrected chi connectivity index (χ2v) is 11.1. The minimum Gasteiger partial charge on any atom is -0.348 e. The van der Waals surface area contributed by atoms with Crippen LogP contribution in [0.2, 0.25) is 0 Å². The van der Waals surface area contributed by atoms with Crippen LogP contribution < -0.4 is 5.32 Å². The van der Waals surface area contributed by atoms with E-state index in [0.29, 0.717) is 30.8 Å². The summed E-state index contributed by atoms with van der Waals surface area (Å²) in [5, 5.41) is 3.02. The van der Waals surface area contributed by atoms with Gasteiger partial charge >= 0.3 is 0 Å². The molecule has 2 heterocycles. The Morgan fingerprint density at radius 2 is 1.52 bits per heavy atom. The van der Waals surface area contributed by atoms with Gasteiger partial charge in [0.15, 0.2) is 0 Å². The molecule has 178 valence electrons. The van der Waals surface area contributed by atoms with Crippen molar-refractivity contribution < 1.29 is 13.2 Å². The lowest BCUT2D eigenvalue weighted by Crippen LogP contribution is -2.47. The molecule has 0 unspecified atom stereocenters. The second-order valence-electron chi connectivity index (χ2n) is 9.09. The van der Waals surface area contributed by atoms with Crippen LogP contribution in [-0.4, -0.2) is 74.7 Å². The molecule has 0 saturated carbocycles. The van der Waals surface area contributed by atoms with Crippen molar-refractivity contribution in [2.45, 2.75) is 31.7 Å². The van der Waals surface area contributed by atoms with Crippen molar-refractivity contribution in [3.8, 4) is 0 Å². The number of nitrogens with one attached hydrogen (secondary N) is 1. The molecule has 0 aliphatic carbocycles. The Balaban J connectivity index is 1.32. The number of benzene rings is 2. The van der Waals surface area contributed by atoms with E-state index < -0.39 is 10.0 Å². The summed E-state index contributed by atoms with van der Waals surface area (Å²) in [6.45, 7) is 6.22. The van der Waals surface area contributed by atoms with Gasteiger partial charge in [-0.25, -0.2) is 8.42 Å². The first kappa shape index (κ1) is 23.9. The van der Waals surface area contributed by atoms with Crippen LogP contribution in [0.5, 0.6) is 0 Å². The maximum atomic E-state index is 12.7. The van der Waals surface area contributed by atoms with Crippen LogP contribution in [0.4, 0.5) is 0 Å². The Bertz CT molecular complexity index is 1040. The van der Waals surface area contributed by atoms with Crippen molar-refractivity contribution in [3.05, 3.63) is 70.8 Å². The molecule has 1 amide bonds. The van der Waals surface area contributed by atoms with Gasteiger partial charge in [-0.15, -0.1) is 0 Å². The average Bonchev–Trinajstić information content (AvgIpc) is 3.32. The smallest absolute Gasteiger partial charge is 0.251 e. The van der Waals surface area contributed by atoms with Gasteiger partial charge in [-0.05, 0) is 61.8 Å². The van der Waals surface area contributed by atoms with E-state index in [9.17, 15) is 13.2 Å². The summed E-state index contributed by atoms with van der Waals surface area (Å²) in [6.07, 6.45) is 2.51. The van der Waals surface area contributed by atoms with Crippen molar-refractivity contribution in [1.82, 2.24) is 19.4 Å². The quantitative estimate of drug-likeness (QED) is 0.641. The second kappa shape index (κ2) is 10.8. The molecule has 0 atom stereocenters. The zero-order valence-corrected chi connectivity index (χ0v) is 20.2. The van der Waals surface area contributed by atoms with E-state index in [-0.39, 0.29) is 11.7 Å². The summed E-state index contributed by atoms with van der Waals surface area (Å²) in [4.78, 5) is 17.3. The normalized spacial score (nSPS) is 18.5. The number of rotatable bonds is 8. The number of likely N-dealkylation sites (N-methyl/N-ethyl adjacent to an activating group) is 1. The fourth-order valence-corrected chi connectivity index (χ4v) is 5.98. The van der Waals surface area contributed by atoms with Crippen LogP contribution in [0.3, 0.4) is 0 Å². The molecule has 2 fully saturated rings. The number of amides is 1. The molecule has 4 rings (SSSR count). The Morgan fingerprint density at radius 3 is 2.18 bits per heavy atom. The third kappa shape index (κ3) is 6.41. The molecular formula is C25H34N4O3S. The monoisotopic (exact) mass is 470 g/mol.